The Hall–Kier alpha value is -0.0800. The Morgan fingerprint density at radius 2 is 0.909 bits per heavy atom. The first kappa shape index (κ1) is 16.8. The number of benzene rings is 1. The number of hydrogen-bond donors (Lipinski definition) is 4. The number of rotatable bonds is 2. The Balaban J connectivity index is 2.16. The molecule has 4 nitrogen and oxygen atoms in total. The van der Waals surface area contributed by atoms with Gasteiger partial charge < -0.3 is 0 Å². The molecule has 1 aromatic carbocycles. The maximum absolute atomic E-state index is 3.51. The van der Waals surface area contributed by atoms with Crippen LogP contribution in [-0.2, 0) is 0 Å². The first-order valence-corrected chi connectivity index (χ1v) is 13.8. The van der Waals surface area contributed by atoms with Gasteiger partial charge in [-0.25, -0.2) is 0 Å². The summed E-state index contributed by atoms with van der Waals surface area (Å²) >= 11 is 0. The van der Waals surface area contributed by atoms with Crippen LogP contribution >= 0.6 is 14.5 Å². The Morgan fingerprint density at radius 1 is 0.636 bits per heavy atom. The zero-order valence-electron chi connectivity index (χ0n) is 14.6. The van der Waals surface area contributed by atoms with Gasteiger partial charge >= 0.3 is 135 Å². The van der Waals surface area contributed by atoms with E-state index in [4.69, 9.17) is 0 Å². The molecule has 4 N–H and O–H groups in total. The zero-order chi connectivity index (χ0) is 16.1. The SMILES string of the molecule is C[C@@H]1NN[C@@H](C)[PH]1(C)c1ccccc1[PH]1(C)[C@H](C)NN[C@H]1C. The fourth-order valence-electron chi connectivity index (χ4n) is 4.21. The first-order chi connectivity index (χ1) is 10.3. The number of hydrazine groups is 2. The van der Waals surface area contributed by atoms with E-state index in [1.807, 2.05) is 0 Å². The second-order valence-electron chi connectivity index (χ2n) is 7.58. The normalized spacial score (nSPS) is 39.5. The van der Waals surface area contributed by atoms with Crippen LogP contribution in [0.5, 0.6) is 0 Å². The van der Waals surface area contributed by atoms with Crippen LogP contribution in [0, 0.1) is 0 Å². The summed E-state index contributed by atoms with van der Waals surface area (Å²) in [6, 6.07) is 9.30. The van der Waals surface area contributed by atoms with Crippen molar-refractivity contribution in [3.63, 3.8) is 0 Å². The number of nitrogens with one attached hydrogen (secondary N) is 4. The summed E-state index contributed by atoms with van der Waals surface area (Å²) in [5, 5.41) is 3.32. The quantitative estimate of drug-likeness (QED) is 0.612. The third-order valence-corrected chi connectivity index (χ3v) is 17.9. The fraction of sp³-hybridized carbons (Fsp3) is 0.625. The average Bonchev–Trinajstić information content (AvgIpc) is 2.94. The van der Waals surface area contributed by atoms with Gasteiger partial charge in [-0.2, -0.15) is 0 Å². The van der Waals surface area contributed by atoms with E-state index in [0.29, 0.717) is 23.1 Å². The number of hydrogen-bond acceptors (Lipinski definition) is 4. The van der Waals surface area contributed by atoms with Crippen molar-refractivity contribution in [2.75, 3.05) is 13.3 Å². The topological polar surface area (TPSA) is 48.1 Å². The van der Waals surface area contributed by atoms with E-state index in [1.54, 1.807) is 10.6 Å². The summed E-state index contributed by atoms with van der Waals surface area (Å²) < 4.78 is 0. The minimum absolute atomic E-state index is 0.550. The molecular formula is C16H32N4P2. The molecule has 0 bridgehead atoms. The zero-order valence-corrected chi connectivity index (χ0v) is 16.6. The van der Waals surface area contributed by atoms with E-state index in [-0.39, 0.29) is 0 Å². The maximum atomic E-state index is 3.51. The molecule has 0 amide bonds. The molecule has 0 radical (unpaired) electrons. The molecule has 2 aliphatic heterocycles. The van der Waals surface area contributed by atoms with Gasteiger partial charge in [0.2, 0.25) is 0 Å². The molecule has 0 aromatic heterocycles. The summed E-state index contributed by atoms with van der Waals surface area (Å²) in [6.07, 6.45) is 0. The van der Waals surface area contributed by atoms with Gasteiger partial charge in [0, 0.05) is 0 Å². The van der Waals surface area contributed by atoms with Gasteiger partial charge in [-0.15, -0.1) is 0 Å². The summed E-state index contributed by atoms with van der Waals surface area (Å²) in [4.78, 5) is 0. The Bertz CT molecular complexity index is 496. The molecule has 2 saturated heterocycles. The third-order valence-electron chi connectivity index (χ3n) is 6.72. The van der Waals surface area contributed by atoms with Crippen LogP contribution in [-0.4, -0.2) is 36.5 Å². The molecule has 2 heterocycles. The molecule has 0 spiro atoms. The summed E-state index contributed by atoms with van der Waals surface area (Å²) in [5.74, 6) is 2.20. The first-order valence-electron chi connectivity index (χ1n) is 8.45. The molecule has 0 unspecified atom stereocenters. The van der Waals surface area contributed by atoms with Gasteiger partial charge in [-0.3, -0.25) is 0 Å². The van der Waals surface area contributed by atoms with Crippen molar-refractivity contribution in [2.24, 2.45) is 0 Å². The van der Waals surface area contributed by atoms with Gasteiger partial charge in [0.05, 0.1) is 0 Å². The molecular weight excluding hydrogens is 310 g/mol. The molecule has 0 saturated carbocycles. The monoisotopic (exact) mass is 342 g/mol. The molecule has 1 aromatic rings. The summed E-state index contributed by atoms with van der Waals surface area (Å²) in [7, 11) is -3.26. The van der Waals surface area contributed by atoms with Gasteiger partial charge in [0.1, 0.15) is 0 Å². The van der Waals surface area contributed by atoms with Gasteiger partial charge in [-0.1, -0.05) is 0 Å². The summed E-state index contributed by atoms with van der Waals surface area (Å²) in [5.41, 5.74) is 14.0. The molecule has 22 heavy (non-hydrogen) atoms. The van der Waals surface area contributed by atoms with Crippen molar-refractivity contribution in [1.82, 2.24) is 21.7 Å². The third kappa shape index (κ3) is 2.20. The Labute approximate surface area is 135 Å². The molecule has 4 atom stereocenters. The Kier molecular flexibility index (Phi) is 4.40. The molecule has 2 fully saturated rings. The van der Waals surface area contributed by atoms with Gasteiger partial charge in [0.25, 0.3) is 0 Å². The van der Waals surface area contributed by atoms with Crippen molar-refractivity contribution in [1.29, 1.82) is 0 Å². The van der Waals surface area contributed by atoms with Crippen molar-refractivity contribution in [2.45, 2.75) is 50.8 Å². The van der Waals surface area contributed by atoms with Crippen LogP contribution in [0.25, 0.3) is 0 Å². The molecule has 6 heteroatoms. The minimum atomic E-state index is -1.63. The van der Waals surface area contributed by atoms with Crippen LogP contribution < -0.4 is 32.3 Å². The van der Waals surface area contributed by atoms with Crippen LogP contribution in [0.3, 0.4) is 0 Å². The van der Waals surface area contributed by atoms with E-state index >= 15 is 0 Å². The van der Waals surface area contributed by atoms with E-state index in [9.17, 15) is 0 Å². The molecule has 2 aliphatic rings. The second kappa shape index (κ2) is 5.77. The fourth-order valence-corrected chi connectivity index (χ4v) is 13.0. The predicted molar refractivity (Wildman–Crippen MR) is 105 cm³/mol. The average molecular weight is 342 g/mol. The van der Waals surface area contributed by atoms with Crippen molar-refractivity contribution in [3.05, 3.63) is 24.3 Å². The van der Waals surface area contributed by atoms with E-state index < -0.39 is 14.5 Å². The van der Waals surface area contributed by atoms with E-state index in [1.165, 1.54) is 0 Å². The van der Waals surface area contributed by atoms with Gasteiger partial charge in [0.15, 0.2) is 0 Å². The van der Waals surface area contributed by atoms with E-state index in [0.717, 1.165) is 0 Å². The van der Waals surface area contributed by atoms with E-state index in [2.05, 4.69) is 87.0 Å². The Morgan fingerprint density at radius 3 is 1.18 bits per heavy atom. The van der Waals surface area contributed by atoms with Gasteiger partial charge in [-0.05, 0) is 0 Å². The van der Waals surface area contributed by atoms with Crippen LogP contribution in [0.15, 0.2) is 24.3 Å². The van der Waals surface area contributed by atoms with Crippen molar-refractivity contribution < 1.29 is 0 Å². The standard InChI is InChI=1S/C16H32N4P2/c1-11-17-18-12(2)21(11,5)15-9-7-8-10-16(15)22(6)13(3)19-20-14(22)4/h7-14,17-22H,1-6H3/t11-,12-,13-,14-/m1/s1. The van der Waals surface area contributed by atoms with Crippen molar-refractivity contribution in [3.8, 4) is 0 Å². The second-order valence-corrected chi connectivity index (χ2v) is 17.2. The summed E-state index contributed by atoms with van der Waals surface area (Å²) in [6.45, 7) is 14.5. The van der Waals surface area contributed by atoms with Crippen LogP contribution in [0.2, 0.25) is 0 Å². The molecule has 3 rings (SSSR count). The molecule has 0 aliphatic carbocycles. The van der Waals surface area contributed by atoms with Crippen LogP contribution in [0.1, 0.15) is 27.7 Å². The van der Waals surface area contributed by atoms with Crippen LogP contribution in [0.4, 0.5) is 0 Å². The predicted octanol–water partition coefficient (Wildman–Crippen LogP) is 1.30. The van der Waals surface area contributed by atoms with Crippen molar-refractivity contribution >= 4 is 25.1 Å². The molecule has 126 valence electrons.